The Morgan fingerprint density at radius 3 is 2.44 bits per heavy atom. The van der Waals surface area contributed by atoms with Crippen LogP contribution in [0.1, 0.15) is 15.9 Å². The fourth-order valence-electron chi connectivity index (χ4n) is 2.56. The van der Waals surface area contributed by atoms with Gasteiger partial charge in [0, 0.05) is 5.56 Å². The van der Waals surface area contributed by atoms with Crippen LogP contribution < -0.4 is 29.7 Å². The Morgan fingerprint density at radius 2 is 1.78 bits per heavy atom. The third-order valence-electron chi connectivity index (χ3n) is 4.06. The molecule has 0 saturated heterocycles. The number of hydrogen-bond acceptors (Lipinski definition) is 7. The summed E-state index contributed by atoms with van der Waals surface area (Å²) in [4.78, 5) is 24.3. The van der Waals surface area contributed by atoms with Gasteiger partial charge in [0.25, 0.3) is 11.8 Å². The van der Waals surface area contributed by atoms with Crippen molar-refractivity contribution in [2.45, 2.75) is 0 Å². The number of carbonyl (C=O) groups is 2. The summed E-state index contributed by atoms with van der Waals surface area (Å²) in [5.41, 5.74) is 3.40. The number of amides is 2. The summed E-state index contributed by atoms with van der Waals surface area (Å²) in [6, 6.07) is 8.28. The third-order valence-corrected chi connectivity index (χ3v) is 4.86. The summed E-state index contributed by atoms with van der Waals surface area (Å²) in [5.74, 6) is 1.14. The average molecular weight is 553 g/mol. The molecule has 2 N–H and O–H groups in total. The molecule has 2 aromatic rings. The van der Waals surface area contributed by atoms with E-state index in [-0.39, 0.29) is 6.54 Å². The standard InChI is InChI=1S/C22H24IN3O6/c1-5-8-32-21-16(23)9-14(10-19(21)31-4)12-25-26-20(27)13-24-22(28)15-6-7-17(29-2)18(11-15)30-3/h5-7,9-12H,1,8,13H2,2-4H3,(H,24,28)(H,26,27)/b25-12+. The van der Waals surface area contributed by atoms with Crippen molar-refractivity contribution in [1.29, 1.82) is 0 Å². The first-order chi connectivity index (χ1) is 15.4. The van der Waals surface area contributed by atoms with Gasteiger partial charge in [-0.25, -0.2) is 5.43 Å². The Labute approximate surface area is 199 Å². The second-order valence-electron chi connectivity index (χ2n) is 6.18. The zero-order chi connectivity index (χ0) is 23.5. The van der Waals surface area contributed by atoms with Crippen molar-refractivity contribution in [2.24, 2.45) is 5.10 Å². The van der Waals surface area contributed by atoms with Crippen LogP contribution in [0, 0.1) is 3.57 Å². The predicted octanol–water partition coefficient (Wildman–Crippen LogP) is 2.76. The summed E-state index contributed by atoms with van der Waals surface area (Å²) in [6.07, 6.45) is 3.11. The lowest BCUT2D eigenvalue weighted by molar-refractivity contribution is -0.120. The minimum absolute atomic E-state index is 0.250. The van der Waals surface area contributed by atoms with E-state index in [1.54, 1.807) is 24.3 Å². The molecule has 2 rings (SSSR count). The lowest BCUT2D eigenvalue weighted by atomic mass is 10.2. The molecule has 0 bridgehead atoms. The second-order valence-corrected chi connectivity index (χ2v) is 7.34. The second kappa shape index (κ2) is 12.5. The molecule has 0 radical (unpaired) electrons. The predicted molar refractivity (Wildman–Crippen MR) is 129 cm³/mol. The number of carbonyl (C=O) groups excluding carboxylic acids is 2. The first-order valence-corrected chi connectivity index (χ1v) is 10.4. The summed E-state index contributed by atoms with van der Waals surface area (Å²) < 4.78 is 22.1. The molecule has 9 nitrogen and oxygen atoms in total. The molecule has 0 fully saturated rings. The molecule has 0 saturated carbocycles. The van der Waals surface area contributed by atoms with E-state index in [0.29, 0.717) is 40.7 Å². The number of nitrogens with one attached hydrogen (secondary N) is 2. The molecule has 0 aliphatic carbocycles. The van der Waals surface area contributed by atoms with Gasteiger partial charge in [-0.05, 0) is 58.5 Å². The molecule has 0 unspecified atom stereocenters. The largest absolute Gasteiger partial charge is 0.493 e. The van der Waals surface area contributed by atoms with Crippen LogP contribution in [0.25, 0.3) is 0 Å². The topological polar surface area (TPSA) is 107 Å². The molecule has 2 amide bonds. The van der Waals surface area contributed by atoms with E-state index < -0.39 is 11.8 Å². The number of halogens is 1. The van der Waals surface area contributed by atoms with E-state index in [9.17, 15) is 9.59 Å². The highest BCUT2D eigenvalue weighted by molar-refractivity contribution is 14.1. The van der Waals surface area contributed by atoms with Gasteiger partial charge in [-0.2, -0.15) is 5.10 Å². The molecule has 0 aliphatic heterocycles. The Kier molecular flexibility index (Phi) is 9.79. The van der Waals surface area contributed by atoms with Gasteiger partial charge in [-0.15, -0.1) is 0 Å². The summed E-state index contributed by atoms with van der Waals surface area (Å²) in [7, 11) is 4.52. The molecule has 0 heterocycles. The van der Waals surface area contributed by atoms with Gasteiger partial charge in [0.2, 0.25) is 0 Å². The van der Waals surface area contributed by atoms with Crippen molar-refractivity contribution in [2.75, 3.05) is 34.5 Å². The van der Waals surface area contributed by atoms with Crippen LogP contribution in [0.4, 0.5) is 0 Å². The van der Waals surface area contributed by atoms with E-state index in [4.69, 9.17) is 18.9 Å². The molecule has 0 aliphatic rings. The van der Waals surface area contributed by atoms with Crippen molar-refractivity contribution in [3.05, 3.63) is 57.7 Å². The van der Waals surface area contributed by atoms with Crippen LogP contribution in [-0.4, -0.2) is 52.5 Å². The number of rotatable bonds is 11. The van der Waals surface area contributed by atoms with Gasteiger partial charge in [0.1, 0.15) is 6.61 Å². The molecule has 2 aromatic carbocycles. The van der Waals surface area contributed by atoms with Gasteiger partial charge in [-0.3, -0.25) is 9.59 Å². The van der Waals surface area contributed by atoms with Crippen LogP contribution in [0.15, 0.2) is 48.1 Å². The van der Waals surface area contributed by atoms with Crippen molar-refractivity contribution in [1.82, 2.24) is 10.7 Å². The number of nitrogens with zero attached hydrogens (tertiary/aromatic N) is 1. The van der Waals surface area contributed by atoms with Gasteiger partial charge in [0.05, 0.1) is 37.7 Å². The van der Waals surface area contributed by atoms with E-state index in [2.05, 4.69) is 45.0 Å². The van der Waals surface area contributed by atoms with Crippen LogP contribution in [0.5, 0.6) is 23.0 Å². The van der Waals surface area contributed by atoms with Crippen LogP contribution >= 0.6 is 22.6 Å². The number of methoxy groups -OCH3 is 3. The van der Waals surface area contributed by atoms with Crippen LogP contribution in [0.2, 0.25) is 0 Å². The van der Waals surface area contributed by atoms with Gasteiger partial charge in [-0.1, -0.05) is 12.7 Å². The Balaban J connectivity index is 1.93. The average Bonchev–Trinajstić information content (AvgIpc) is 2.80. The smallest absolute Gasteiger partial charge is 0.259 e. The lowest BCUT2D eigenvalue weighted by Gasteiger charge is -2.12. The minimum Gasteiger partial charge on any atom is -0.493 e. The first-order valence-electron chi connectivity index (χ1n) is 9.36. The summed E-state index contributed by atoms with van der Waals surface area (Å²) >= 11 is 2.12. The Morgan fingerprint density at radius 1 is 1.06 bits per heavy atom. The lowest BCUT2D eigenvalue weighted by Crippen LogP contribution is -2.34. The maximum Gasteiger partial charge on any atom is 0.259 e. The molecule has 0 aromatic heterocycles. The van der Waals surface area contributed by atoms with Crippen molar-refractivity contribution in [3.63, 3.8) is 0 Å². The SMILES string of the molecule is C=CCOc1c(I)cc(/C=N/NC(=O)CNC(=O)c2ccc(OC)c(OC)c2)cc1OC. The van der Waals surface area contributed by atoms with Gasteiger partial charge in [0.15, 0.2) is 23.0 Å². The maximum absolute atomic E-state index is 12.3. The van der Waals surface area contributed by atoms with Gasteiger partial charge < -0.3 is 24.3 Å². The zero-order valence-corrected chi connectivity index (χ0v) is 20.1. The van der Waals surface area contributed by atoms with E-state index in [1.807, 2.05) is 6.07 Å². The maximum atomic E-state index is 12.3. The minimum atomic E-state index is -0.484. The van der Waals surface area contributed by atoms with Crippen LogP contribution in [0.3, 0.4) is 0 Å². The fourth-order valence-corrected chi connectivity index (χ4v) is 3.34. The quantitative estimate of drug-likeness (QED) is 0.192. The van der Waals surface area contributed by atoms with E-state index in [1.165, 1.54) is 33.6 Å². The molecular weight excluding hydrogens is 529 g/mol. The normalized spacial score (nSPS) is 10.4. The summed E-state index contributed by atoms with van der Waals surface area (Å²) in [5, 5.41) is 6.45. The Hall–Kier alpha value is -3.28. The van der Waals surface area contributed by atoms with E-state index in [0.717, 1.165) is 3.57 Å². The first kappa shape index (κ1) is 25.0. The highest BCUT2D eigenvalue weighted by Gasteiger charge is 2.12. The van der Waals surface area contributed by atoms with Crippen molar-refractivity contribution >= 4 is 40.6 Å². The highest BCUT2D eigenvalue weighted by atomic mass is 127. The number of ether oxygens (including phenoxy) is 4. The third kappa shape index (κ3) is 6.87. The number of benzene rings is 2. The Bertz CT molecular complexity index is 1010. The molecule has 32 heavy (non-hydrogen) atoms. The zero-order valence-electron chi connectivity index (χ0n) is 17.9. The fraction of sp³-hybridized carbons (Fsp3) is 0.227. The number of hydrazone groups is 1. The van der Waals surface area contributed by atoms with Crippen LogP contribution in [-0.2, 0) is 4.79 Å². The van der Waals surface area contributed by atoms with Crippen molar-refractivity contribution < 1.29 is 28.5 Å². The molecule has 0 atom stereocenters. The number of hydrogen-bond donors (Lipinski definition) is 2. The molecule has 0 spiro atoms. The molecule has 10 heteroatoms. The molecular formula is C22H24IN3O6. The van der Waals surface area contributed by atoms with Crippen molar-refractivity contribution in [3.8, 4) is 23.0 Å². The molecule has 170 valence electrons. The van der Waals surface area contributed by atoms with E-state index >= 15 is 0 Å². The summed E-state index contributed by atoms with van der Waals surface area (Å²) in [6.45, 7) is 3.73. The van der Waals surface area contributed by atoms with Gasteiger partial charge >= 0.3 is 0 Å². The highest BCUT2D eigenvalue weighted by Crippen LogP contribution is 2.33. The monoisotopic (exact) mass is 553 g/mol.